The lowest BCUT2D eigenvalue weighted by Crippen LogP contribution is -2.69. The normalized spacial score (nSPS) is 23.7. The van der Waals surface area contributed by atoms with Crippen molar-refractivity contribution in [1.82, 2.24) is 9.88 Å². The van der Waals surface area contributed by atoms with E-state index < -0.39 is 11.8 Å². The van der Waals surface area contributed by atoms with E-state index in [1.807, 2.05) is 18.2 Å². The highest BCUT2D eigenvalue weighted by Gasteiger charge is 2.57. The summed E-state index contributed by atoms with van der Waals surface area (Å²) in [5.41, 5.74) is 1.17. The smallest absolute Gasteiger partial charge is 0.314 e. The Hall–Kier alpha value is -2.89. The van der Waals surface area contributed by atoms with Gasteiger partial charge >= 0.3 is 11.8 Å². The Labute approximate surface area is 158 Å². The highest BCUT2D eigenvalue weighted by molar-refractivity contribution is 6.40. The fraction of sp³-hybridized carbons (Fsp3) is 0.381. The fourth-order valence-corrected chi connectivity index (χ4v) is 4.57. The Morgan fingerprint density at radius 2 is 2.00 bits per heavy atom. The molecule has 4 rings (SSSR count). The van der Waals surface area contributed by atoms with Gasteiger partial charge in [0, 0.05) is 18.7 Å². The Morgan fingerprint density at radius 1 is 1.19 bits per heavy atom. The molecule has 6 nitrogen and oxygen atoms in total. The largest absolute Gasteiger partial charge is 0.480 e. The van der Waals surface area contributed by atoms with Crippen LogP contribution >= 0.6 is 0 Å². The lowest BCUT2D eigenvalue weighted by Gasteiger charge is -2.61. The second-order valence-electron chi connectivity index (χ2n) is 7.16. The number of benzene rings is 1. The molecule has 1 aromatic heterocycles. The van der Waals surface area contributed by atoms with Crippen LogP contribution in [0.3, 0.4) is 0 Å². The summed E-state index contributed by atoms with van der Waals surface area (Å²) in [6.45, 7) is 0.630. The first kappa shape index (κ1) is 17.5. The van der Waals surface area contributed by atoms with E-state index in [-0.39, 0.29) is 11.4 Å². The molecule has 0 spiro atoms. The second-order valence-corrected chi connectivity index (χ2v) is 7.16. The number of anilines is 1. The Kier molecular flexibility index (Phi) is 4.56. The average Bonchev–Trinajstić information content (AvgIpc) is 2.70. The van der Waals surface area contributed by atoms with Gasteiger partial charge in [0.25, 0.3) is 0 Å². The molecule has 2 heterocycles. The lowest BCUT2D eigenvalue weighted by atomic mass is 9.61. The first-order chi connectivity index (χ1) is 13.2. The number of ether oxygens (including phenoxy) is 1. The molecule has 2 amide bonds. The molecule has 140 valence electrons. The molecule has 1 aromatic carbocycles. The van der Waals surface area contributed by atoms with Gasteiger partial charge in [-0.3, -0.25) is 9.59 Å². The van der Waals surface area contributed by atoms with Gasteiger partial charge in [-0.25, -0.2) is 4.98 Å². The Morgan fingerprint density at radius 3 is 2.74 bits per heavy atom. The maximum atomic E-state index is 13.0. The summed E-state index contributed by atoms with van der Waals surface area (Å²) >= 11 is 0. The highest BCUT2D eigenvalue weighted by Crippen LogP contribution is 2.53. The SMILES string of the molecule is COc1ncccc1NC(=O)C(=O)N1C[C@H]2CCCC[C@]21c1ccccc1. The van der Waals surface area contributed by atoms with Crippen LogP contribution < -0.4 is 10.1 Å². The number of nitrogens with zero attached hydrogens (tertiary/aromatic N) is 2. The minimum Gasteiger partial charge on any atom is -0.480 e. The van der Waals surface area contributed by atoms with Crippen LogP contribution in [0.15, 0.2) is 48.7 Å². The van der Waals surface area contributed by atoms with Crippen molar-refractivity contribution in [2.24, 2.45) is 5.92 Å². The van der Waals surface area contributed by atoms with Gasteiger partial charge in [-0.15, -0.1) is 0 Å². The van der Waals surface area contributed by atoms with E-state index in [9.17, 15) is 9.59 Å². The van der Waals surface area contributed by atoms with Crippen molar-refractivity contribution in [3.8, 4) is 5.88 Å². The molecule has 2 aliphatic rings. The van der Waals surface area contributed by atoms with Crippen molar-refractivity contribution in [2.75, 3.05) is 19.0 Å². The topological polar surface area (TPSA) is 71.5 Å². The first-order valence-corrected chi connectivity index (χ1v) is 9.34. The zero-order chi connectivity index (χ0) is 18.9. The van der Waals surface area contributed by atoms with Crippen LogP contribution in [0.25, 0.3) is 0 Å². The molecule has 1 aliphatic carbocycles. The van der Waals surface area contributed by atoms with Gasteiger partial charge in [-0.05, 0) is 30.5 Å². The number of pyridine rings is 1. The van der Waals surface area contributed by atoms with Crippen molar-refractivity contribution in [1.29, 1.82) is 0 Å². The molecule has 2 fully saturated rings. The highest BCUT2D eigenvalue weighted by atomic mass is 16.5. The van der Waals surface area contributed by atoms with Crippen molar-refractivity contribution in [3.63, 3.8) is 0 Å². The third-order valence-electron chi connectivity index (χ3n) is 5.85. The van der Waals surface area contributed by atoms with E-state index in [0.29, 0.717) is 18.2 Å². The molecule has 1 saturated carbocycles. The van der Waals surface area contributed by atoms with Crippen LogP contribution in [-0.2, 0) is 15.1 Å². The molecule has 0 radical (unpaired) electrons. The van der Waals surface area contributed by atoms with Crippen molar-refractivity contribution in [2.45, 2.75) is 31.2 Å². The summed E-state index contributed by atoms with van der Waals surface area (Å²) in [6.07, 6.45) is 5.81. The van der Waals surface area contributed by atoms with Gasteiger partial charge in [0.1, 0.15) is 5.69 Å². The summed E-state index contributed by atoms with van der Waals surface area (Å²) < 4.78 is 5.15. The maximum absolute atomic E-state index is 13.0. The van der Waals surface area contributed by atoms with Crippen LogP contribution in [0.1, 0.15) is 31.2 Å². The Balaban J connectivity index is 1.58. The molecule has 2 aromatic rings. The molecule has 6 heteroatoms. The van der Waals surface area contributed by atoms with Crippen molar-refractivity contribution < 1.29 is 14.3 Å². The lowest BCUT2D eigenvalue weighted by molar-refractivity contribution is -0.170. The van der Waals surface area contributed by atoms with Gasteiger partial charge in [0.15, 0.2) is 0 Å². The molecule has 27 heavy (non-hydrogen) atoms. The predicted octanol–water partition coefficient (Wildman–Crippen LogP) is 2.96. The molecule has 2 atom stereocenters. The zero-order valence-corrected chi connectivity index (χ0v) is 15.4. The number of fused-ring (bicyclic) bond motifs is 1. The quantitative estimate of drug-likeness (QED) is 0.849. The molecule has 1 aliphatic heterocycles. The van der Waals surface area contributed by atoms with Crippen LogP contribution in [0, 0.1) is 5.92 Å². The van der Waals surface area contributed by atoms with Crippen molar-refractivity contribution >= 4 is 17.5 Å². The van der Waals surface area contributed by atoms with E-state index in [1.54, 1.807) is 23.2 Å². The van der Waals surface area contributed by atoms with Crippen LogP contribution in [-0.4, -0.2) is 35.4 Å². The van der Waals surface area contributed by atoms with Gasteiger partial charge in [-0.2, -0.15) is 0 Å². The monoisotopic (exact) mass is 365 g/mol. The molecular weight excluding hydrogens is 342 g/mol. The minimum atomic E-state index is -0.652. The molecule has 1 saturated heterocycles. The number of carbonyl (C=O) groups excluding carboxylic acids is 2. The summed E-state index contributed by atoms with van der Waals surface area (Å²) in [6, 6.07) is 13.5. The van der Waals surface area contributed by atoms with E-state index in [0.717, 1.165) is 24.8 Å². The minimum absolute atomic E-state index is 0.288. The number of carbonyl (C=O) groups is 2. The number of amides is 2. The maximum Gasteiger partial charge on any atom is 0.314 e. The van der Waals surface area contributed by atoms with Crippen LogP contribution in [0.4, 0.5) is 5.69 Å². The summed E-state index contributed by atoms with van der Waals surface area (Å²) in [4.78, 5) is 31.5. The third kappa shape index (κ3) is 2.85. The standard InChI is InChI=1S/C21H23N3O3/c1-27-19-17(11-7-13-22-19)23-18(25)20(26)24-14-16-10-5-6-12-21(16,24)15-8-3-2-4-9-15/h2-4,7-9,11,13,16H,5-6,10,12,14H2,1H3,(H,23,25)/t16-,21+/m1/s1. The second kappa shape index (κ2) is 7.02. The van der Waals surface area contributed by atoms with Gasteiger partial charge in [0.2, 0.25) is 5.88 Å². The summed E-state index contributed by atoms with van der Waals surface area (Å²) in [5, 5.41) is 2.66. The number of rotatable bonds is 3. The molecule has 0 unspecified atom stereocenters. The number of hydrogen-bond acceptors (Lipinski definition) is 4. The number of aromatic nitrogens is 1. The van der Waals surface area contributed by atoms with Crippen molar-refractivity contribution in [3.05, 3.63) is 54.2 Å². The predicted molar refractivity (Wildman–Crippen MR) is 101 cm³/mol. The Bertz CT molecular complexity index is 855. The summed E-state index contributed by atoms with van der Waals surface area (Å²) in [7, 11) is 1.48. The van der Waals surface area contributed by atoms with Gasteiger partial charge in [-0.1, -0.05) is 43.2 Å². The van der Waals surface area contributed by atoms with Crippen LogP contribution in [0.2, 0.25) is 0 Å². The van der Waals surface area contributed by atoms with E-state index in [2.05, 4.69) is 22.4 Å². The van der Waals surface area contributed by atoms with Gasteiger partial charge < -0.3 is 15.0 Å². The molecular formula is C21H23N3O3. The van der Waals surface area contributed by atoms with Crippen LogP contribution in [0.5, 0.6) is 5.88 Å². The first-order valence-electron chi connectivity index (χ1n) is 9.34. The number of nitrogens with one attached hydrogen (secondary N) is 1. The van der Waals surface area contributed by atoms with E-state index in [4.69, 9.17) is 4.74 Å². The average molecular weight is 365 g/mol. The number of methoxy groups -OCH3 is 1. The third-order valence-corrected chi connectivity index (χ3v) is 5.85. The van der Waals surface area contributed by atoms with Gasteiger partial charge in [0.05, 0.1) is 12.6 Å². The van der Waals surface area contributed by atoms with E-state index in [1.165, 1.54) is 13.5 Å². The molecule has 1 N–H and O–H groups in total. The zero-order valence-electron chi connectivity index (χ0n) is 15.4. The van der Waals surface area contributed by atoms with E-state index >= 15 is 0 Å². The fourth-order valence-electron chi connectivity index (χ4n) is 4.57. The number of likely N-dealkylation sites (tertiary alicyclic amines) is 1. The summed E-state index contributed by atoms with van der Waals surface area (Å²) in [5.74, 6) is -0.447. The molecule has 0 bridgehead atoms. The number of hydrogen-bond donors (Lipinski definition) is 1.